The van der Waals surface area contributed by atoms with Gasteiger partial charge in [0.2, 0.25) is 0 Å². The number of rotatable bonds is 3. The van der Waals surface area contributed by atoms with Gasteiger partial charge in [-0.15, -0.1) is 0 Å². The Kier molecular flexibility index (Phi) is 3.46. The van der Waals surface area contributed by atoms with E-state index in [0.29, 0.717) is 0 Å². The molecule has 0 aliphatic rings. The number of phenols is 1. The highest BCUT2D eigenvalue weighted by Crippen LogP contribution is 2.37. The van der Waals surface area contributed by atoms with Gasteiger partial charge in [0.25, 0.3) is 5.69 Å². The molecule has 0 fully saturated rings. The maximum atomic E-state index is 10.7. The molecule has 7 heteroatoms. The van der Waals surface area contributed by atoms with Gasteiger partial charge < -0.3 is 16.6 Å². The predicted molar refractivity (Wildman–Crippen MR) is 55.8 cm³/mol. The van der Waals surface area contributed by atoms with Crippen LogP contribution in [0.15, 0.2) is 12.1 Å². The predicted octanol–water partition coefficient (Wildman–Crippen LogP) is 0.912. The van der Waals surface area contributed by atoms with Crippen LogP contribution >= 0.6 is 11.6 Å². The van der Waals surface area contributed by atoms with Crippen LogP contribution in [0, 0.1) is 10.1 Å². The number of nitrogens with zero attached hydrogens (tertiary/aromatic N) is 1. The minimum atomic E-state index is -0.816. The molecule has 0 aliphatic carbocycles. The Balaban J connectivity index is 3.41. The molecule has 6 nitrogen and oxygen atoms in total. The zero-order valence-corrected chi connectivity index (χ0v) is 8.44. The van der Waals surface area contributed by atoms with Crippen molar-refractivity contribution in [3.05, 3.63) is 32.8 Å². The Morgan fingerprint density at radius 1 is 1.60 bits per heavy atom. The normalized spacial score (nSPS) is 12.5. The summed E-state index contributed by atoms with van der Waals surface area (Å²) in [4.78, 5) is 10.0. The zero-order valence-electron chi connectivity index (χ0n) is 7.68. The quantitative estimate of drug-likeness (QED) is 0.528. The minimum absolute atomic E-state index is 0.0134. The summed E-state index contributed by atoms with van der Waals surface area (Å²) in [5.41, 5.74) is 10.5. The van der Waals surface area contributed by atoms with Crippen molar-refractivity contribution in [1.29, 1.82) is 0 Å². The number of hydrogen-bond donors (Lipinski definition) is 3. The van der Waals surface area contributed by atoms with Gasteiger partial charge in [0, 0.05) is 12.6 Å². The zero-order chi connectivity index (χ0) is 11.6. The van der Waals surface area contributed by atoms with Crippen LogP contribution in [-0.4, -0.2) is 16.6 Å². The van der Waals surface area contributed by atoms with E-state index in [1.807, 2.05) is 0 Å². The van der Waals surface area contributed by atoms with E-state index < -0.39 is 11.0 Å². The molecule has 0 bridgehead atoms. The molecule has 0 saturated heterocycles. The summed E-state index contributed by atoms with van der Waals surface area (Å²) < 4.78 is 0. The van der Waals surface area contributed by atoms with Crippen molar-refractivity contribution >= 4 is 17.3 Å². The molecule has 0 unspecified atom stereocenters. The molecule has 82 valence electrons. The second-order valence-electron chi connectivity index (χ2n) is 2.93. The van der Waals surface area contributed by atoms with Crippen molar-refractivity contribution in [3.63, 3.8) is 0 Å². The van der Waals surface area contributed by atoms with Crippen LogP contribution in [0.5, 0.6) is 5.75 Å². The molecule has 0 spiro atoms. The third-order valence-electron chi connectivity index (χ3n) is 1.97. The highest BCUT2D eigenvalue weighted by atomic mass is 35.5. The molecule has 1 rings (SSSR count). The Morgan fingerprint density at radius 3 is 2.67 bits per heavy atom. The maximum absolute atomic E-state index is 10.7. The second-order valence-corrected chi connectivity index (χ2v) is 3.34. The van der Waals surface area contributed by atoms with Gasteiger partial charge in [0.05, 0.1) is 21.6 Å². The highest BCUT2D eigenvalue weighted by Gasteiger charge is 2.24. The number of halogens is 1. The summed E-state index contributed by atoms with van der Waals surface area (Å²) in [7, 11) is 0. The summed E-state index contributed by atoms with van der Waals surface area (Å²) in [6, 6.07) is 1.61. The number of aromatic hydroxyl groups is 1. The summed E-state index contributed by atoms with van der Waals surface area (Å²) in [5, 5.41) is 20.2. The molecule has 5 N–H and O–H groups in total. The van der Waals surface area contributed by atoms with Crippen LogP contribution < -0.4 is 11.5 Å². The van der Waals surface area contributed by atoms with E-state index in [2.05, 4.69) is 0 Å². The fraction of sp³-hybridized carbons (Fsp3) is 0.250. The molecule has 1 atom stereocenters. The monoisotopic (exact) mass is 231 g/mol. The molecule has 1 aromatic rings. The third-order valence-corrected chi connectivity index (χ3v) is 2.27. The Morgan fingerprint density at radius 2 is 2.20 bits per heavy atom. The lowest BCUT2D eigenvalue weighted by atomic mass is 10.0. The SMILES string of the molecule is NC[C@@H](N)c1c([N+](=O)[O-])ccc(Cl)c1O. The molecule has 0 heterocycles. The molecule has 0 radical (unpaired) electrons. The lowest BCUT2D eigenvalue weighted by Gasteiger charge is -2.12. The second kappa shape index (κ2) is 4.43. The van der Waals surface area contributed by atoms with Crippen molar-refractivity contribution in [1.82, 2.24) is 0 Å². The average Bonchev–Trinajstić information content (AvgIpc) is 2.20. The van der Waals surface area contributed by atoms with Crippen LogP contribution in [0.25, 0.3) is 0 Å². The molecule has 0 aliphatic heterocycles. The number of nitrogens with two attached hydrogens (primary N) is 2. The van der Waals surface area contributed by atoms with E-state index >= 15 is 0 Å². The van der Waals surface area contributed by atoms with E-state index in [4.69, 9.17) is 23.1 Å². The maximum Gasteiger partial charge on any atom is 0.278 e. The van der Waals surface area contributed by atoms with Crippen LogP contribution in [-0.2, 0) is 0 Å². The van der Waals surface area contributed by atoms with Gasteiger partial charge >= 0.3 is 0 Å². The summed E-state index contributed by atoms with van der Waals surface area (Å²) >= 11 is 5.62. The Bertz CT molecular complexity index is 397. The summed E-state index contributed by atoms with van der Waals surface area (Å²) in [5.74, 6) is -0.385. The molecular weight excluding hydrogens is 222 g/mol. The van der Waals surface area contributed by atoms with Gasteiger partial charge in [0.15, 0.2) is 0 Å². The first-order chi connectivity index (χ1) is 6.99. The first-order valence-electron chi connectivity index (χ1n) is 4.10. The van der Waals surface area contributed by atoms with E-state index in [9.17, 15) is 15.2 Å². The van der Waals surface area contributed by atoms with Gasteiger partial charge in [0.1, 0.15) is 5.75 Å². The number of nitro groups is 1. The van der Waals surface area contributed by atoms with Crippen LogP contribution in [0.1, 0.15) is 11.6 Å². The van der Waals surface area contributed by atoms with E-state index in [-0.39, 0.29) is 28.6 Å². The Hall–Kier alpha value is -1.37. The lowest BCUT2D eigenvalue weighted by molar-refractivity contribution is -0.385. The number of hydrogen-bond acceptors (Lipinski definition) is 5. The van der Waals surface area contributed by atoms with E-state index in [0.717, 1.165) is 0 Å². The molecule has 0 saturated carbocycles. The molecule has 0 aromatic heterocycles. The number of nitro benzene ring substituents is 1. The van der Waals surface area contributed by atoms with Crippen molar-refractivity contribution in [2.45, 2.75) is 6.04 Å². The van der Waals surface area contributed by atoms with Crippen LogP contribution in [0.2, 0.25) is 5.02 Å². The summed E-state index contributed by atoms with van der Waals surface area (Å²) in [6.45, 7) is -0.0191. The largest absolute Gasteiger partial charge is 0.506 e. The average molecular weight is 232 g/mol. The smallest absolute Gasteiger partial charge is 0.278 e. The van der Waals surface area contributed by atoms with Gasteiger partial charge in [-0.1, -0.05) is 11.6 Å². The van der Waals surface area contributed by atoms with Crippen LogP contribution in [0.4, 0.5) is 5.69 Å². The molecule has 1 aromatic carbocycles. The first-order valence-corrected chi connectivity index (χ1v) is 4.48. The summed E-state index contributed by atoms with van der Waals surface area (Å²) in [6.07, 6.45) is 0. The fourth-order valence-electron chi connectivity index (χ4n) is 1.21. The van der Waals surface area contributed by atoms with Crippen molar-refractivity contribution in [3.8, 4) is 5.75 Å². The fourth-order valence-corrected chi connectivity index (χ4v) is 1.38. The van der Waals surface area contributed by atoms with Crippen molar-refractivity contribution in [2.24, 2.45) is 11.5 Å². The first kappa shape index (κ1) is 11.7. The highest BCUT2D eigenvalue weighted by molar-refractivity contribution is 6.32. The lowest BCUT2D eigenvalue weighted by Crippen LogP contribution is -2.22. The van der Waals surface area contributed by atoms with Crippen molar-refractivity contribution < 1.29 is 10.0 Å². The van der Waals surface area contributed by atoms with Crippen molar-refractivity contribution in [2.75, 3.05) is 6.54 Å². The van der Waals surface area contributed by atoms with Gasteiger partial charge in [-0.05, 0) is 6.07 Å². The van der Waals surface area contributed by atoms with Gasteiger partial charge in [-0.2, -0.15) is 0 Å². The standard InChI is InChI=1S/C8H10ClN3O3/c9-4-1-2-6(12(14)15)7(8(4)13)5(11)3-10/h1-2,5,13H,3,10-11H2/t5-/m1/s1. The topological polar surface area (TPSA) is 115 Å². The Labute approximate surface area is 90.6 Å². The molecular formula is C8H10ClN3O3. The van der Waals surface area contributed by atoms with E-state index in [1.165, 1.54) is 12.1 Å². The number of phenolic OH excluding ortho intramolecular Hbond substituents is 1. The number of benzene rings is 1. The molecule has 15 heavy (non-hydrogen) atoms. The van der Waals surface area contributed by atoms with Gasteiger partial charge in [-0.25, -0.2) is 0 Å². The molecule has 0 amide bonds. The third kappa shape index (κ3) is 2.17. The van der Waals surface area contributed by atoms with Crippen LogP contribution in [0.3, 0.4) is 0 Å². The van der Waals surface area contributed by atoms with E-state index in [1.54, 1.807) is 0 Å². The van der Waals surface area contributed by atoms with Gasteiger partial charge in [-0.3, -0.25) is 10.1 Å². The minimum Gasteiger partial charge on any atom is -0.506 e.